The Morgan fingerprint density at radius 3 is 1.90 bits per heavy atom. The van der Waals surface area contributed by atoms with Crippen molar-refractivity contribution in [1.29, 1.82) is 0 Å². The van der Waals surface area contributed by atoms with Crippen molar-refractivity contribution in [3.05, 3.63) is 0 Å². The van der Waals surface area contributed by atoms with Crippen LogP contribution in [0, 0.1) is 5.92 Å². The first kappa shape index (κ1) is 12.1. The normalized spacial score (nSPS) is 8.50. The summed E-state index contributed by atoms with van der Waals surface area (Å²) in [6.45, 7) is 6.22. The van der Waals surface area contributed by atoms with Gasteiger partial charge in [-0.3, -0.25) is 4.79 Å². The molecule has 0 spiro atoms. The maximum atomic E-state index is 9.00. The Morgan fingerprint density at radius 1 is 1.60 bits per heavy atom. The summed E-state index contributed by atoms with van der Waals surface area (Å²) in [6, 6.07) is 0. The first-order valence-electron chi connectivity index (χ1n) is 3.19. The zero-order valence-electron chi connectivity index (χ0n) is 7.05. The highest BCUT2D eigenvalue weighted by Crippen LogP contribution is 1.88. The van der Waals surface area contributed by atoms with Crippen LogP contribution in [-0.4, -0.2) is 24.8 Å². The molecule has 0 amide bonds. The van der Waals surface area contributed by atoms with Crippen molar-refractivity contribution >= 4 is 5.97 Å². The average molecular weight is 148 g/mol. The van der Waals surface area contributed by atoms with Crippen LogP contribution in [0.25, 0.3) is 0 Å². The lowest BCUT2D eigenvalue weighted by Crippen LogP contribution is -1.96. The number of aliphatic carboxylic acids is 1. The number of carbonyl (C=O) groups is 1. The van der Waals surface area contributed by atoms with E-state index in [1.54, 1.807) is 7.11 Å². The van der Waals surface area contributed by atoms with Gasteiger partial charge in [-0.15, -0.1) is 0 Å². The molecule has 0 atom stereocenters. The Bertz CT molecular complexity index is 74.9. The summed E-state index contributed by atoms with van der Waals surface area (Å²) in [6.07, 6.45) is 0. The molecular formula is C7H16O3. The first-order chi connectivity index (χ1) is 4.50. The van der Waals surface area contributed by atoms with Crippen LogP contribution in [0.2, 0.25) is 0 Å². The summed E-state index contributed by atoms with van der Waals surface area (Å²) in [5.74, 6) is -0.157. The summed E-state index contributed by atoms with van der Waals surface area (Å²) >= 11 is 0. The third kappa shape index (κ3) is 52.0. The number of carboxylic acids is 1. The van der Waals surface area contributed by atoms with Crippen molar-refractivity contribution < 1.29 is 14.6 Å². The lowest BCUT2D eigenvalue weighted by atomic mass is 10.2. The van der Waals surface area contributed by atoms with Gasteiger partial charge in [0.1, 0.15) is 0 Å². The molecule has 0 radical (unpaired) electrons. The molecular weight excluding hydrogens is 132 g/mol. The number of hydrogen-bond donors (Lipinski definition) is 1. The number of hydrogen-bond acceptors (Lipinski definition) is 2. The Labute approximate surface area is 62.0 Å². The number of carboxylic acid groups (broad SMARTS) is 1. The minimum absolute atomic E-state index is 0.676. The predicted molar refractivity (Wildman–Crippen MR) is 40.0 cm³/mol. The minimum Gasteiger partial charge on any atom is -0.481 e. The third-order valence-corrected chi connectivity index (χ3v) is 0.500. The van der Waals surface area contributed by atoms with E-state index in [1.807, 2.05) is 0 Å². The summed E-state index contributed by atoms with van der Waals surface area (Å²) in [5, 5.41) is 7.42. The van der Waals surface area contributed by atoms with Crippen LogP contribution in [0.5, 0.6) is 0 Å². The fourth-order valence-corrected chi connectivity index (χ4v) is 0.333. The lowest BCUT2D eigenvalue weighted by Gasteiger charge is -1.97. The molecule has 0 saturated heterocycles. The second-order valence-corrected chi connectivity index (χ2v) is 2.37. The number of rotatable bonds is 2. The van der Waals surface area contributed by atoms with E-state index in [0.717, 1.165) is 13.5 Å². The molecule has 0 aliphatic heterocycles. The van der Waals surface area contributed by atoms with Gasteiger partial charge in [-0.2, -0.15) is 0 Å². The molecule has 0 saturated carbocycles. The zero-order valence-corrected chi connectivity index (χ0v) is 7.05. The second-order valence-electron chi connectivity index (χ2n) is 2.37. The summed E-state index contributed by atoms with van der Waals surface area (Å²) in [4.78, 5) is 9.00. The van der Waals surface area contributed by atoms with Crippen LogP contribution in [0.15, 0.2) is 0 Å². The van der Waals surface area contributed by atoms with Crippen LogP contribution in [0.1, 0.15) is 20.8 Å². The maximum absolute atomic E-state index is 9.00. The second kappa shape index (κ2) is 8.43. The molecule has 0 aromatic heterocycles. The summed E-state index contributed by atoms with van der Waals surface area (Å²) in [7, 11) is 1.72. The van der Waals surface area contributed by atoms with Gasteiger partial charge in [0.2, 0.25) is 0 Å². The van der Waals surface area contributed by atoms with E-state index in [-0.39, 0.29) is 0 Å². The van der Waals surface area contributed by atoms with E-state index in [4.69, 9.17) is 14.6 Å². The van der Waals surface area contributed by atoms with E-state index >= 15 is 0 Å². The largest absolute Gasteiger partial charge is 0.481 e. The topological polar surface area (TPSA) is 46.5 Å². The molecule has 0 aliphatic rings. The molecule has 0 rings (SSSR count). The van der Waals surface area contributed by atoms with Gasteiger partial charge in [-0.25, -0.2) is 0 Å². The first-order valence-corrected chi connectivity index (χ1v) is 3.19. The standard InChI is InChI=1S/C5H12O.C2H4O2/c1-5(2)4-6-3;1-2(3)4/h5H,4H2,1-3H3;1H3,(H,3,4). The molecule has 0 heterocycles. The molecule has 1 N–H and O–H groups in total. The molecule has 62 valence electrons. The third-order valence-electron chi connectivity index (χ3n) is 0.500. The van der Waals surface area contributed by atoms with Crippen molar-refractivity contribution in [3.8, 4) is 0 Å². The van der Waals surface area contributed by atoms with Gasteiger partial charge in [-0.05, 0) is 5.92 Å². The molecule has 3 nitrogen and oxygen atoms in total. The van der Waals surface area contributed by atoms with E-state index in [1.165, 1.54) is 0 Å². The quantitative estimate of drug-likeness (QED) is 0.643. The number of methoxy groups -OCH3 is 1. The highest BCUT2D eigenvalue weighted by Gasteiger charge is 1.85. The molecule has 0 bridgehead atoms. The van der Waals surface area contributed by atoms with Gasteiger partial charge >= 0.3 is 0 Å². The van der Waals surface area contributed by atoms with Crippen LogP contribution in [-0.2, 0) is 9.53 Å². The highest BCUT2D eigenvalue weighted by molar-refractivity contribution is 5.62. The predicted octanol–water partition coefficient (Wildman–Crippen LogP) is 1.38. The fraction of sp³-hybridized carbons (Fsp3) is 0.857. The van der Waals surface area contributed by atoms with Gasteiger partial charge in [0.05, 0.1) is 0 Å². The van der Waals surface area contributed by atoms with Crippen LogP contribution >= 0.6 is 0 Å². The Morgan fingerprint density at radius 2 is 1.90 bits per heavy atom. The maximum Gasteiger partial charge on any atom is 0.300 e. The van der Waals surface area contributed by atoms with Gasteiger partial charge in [0.25, 0.3) is 5.97 Å². The van der Waals surface area contributed by atoms with E-state index in [2.05, 4.69) is 13.8 Å². The Hall–Kier alpha value is -0.570. The molecule has 0 unspecified atom stereocenters. The van der Waals surface area contributed by atoms with Gasteiger partial charge in [0, 0.05) is 20.6 Å². The van der Waals surface area contributed by atoms with Gasteiger partial charge in [0.15, 0.2) is 0 Å². The minimum atomic E-state index is -0.833. The van der Waals surface area contributed by atoms with Crippen molar-refractivity contribution in [3.63, 3.8) is 0 Å². The van der Waals surface area contributed by atoms with Crippen LogP contribution in [0.4, 0.5) is 0 Å². The Balaban J connectivity index is 0. The SMILES string of the molecule is CC(=O)O.COCC(C)C. The molecule has 10 heavy (non-hydrogen) atoms. The molecule has 0 aromatic rings. The monoisotopic (exact) mass is 148 g/mol. The highest BCUT2D eigenvalue weighted by atomic mass is 16.5. The van der Waals surface area contributed by atoms with Crippen molar-refractivity contribution in [2.24, 2.45) is 5.92 Å². The average Bonchev–Trinajstić information content (AvgIpc) is 1.62. The van der Waals surface area contributed by atoms with Crippen LogP contribution < -0.4 is 0 Å². The smallest absolute Gasteiger partial charge is 0.300 e. The summed E-state index contributed by atoms with van der Waals surface area (Å²) < 4.78 is 4.80. The van der Waals surface area contributed by atoms with Crippen molar-refractivity contribution in [1.82, 2.24) is 0 Å². The zero-order chi connectivity index (χ0) is 8.57. The van der Waals surface area contributed by atoms with Crippen molar-refractivity contribution in [2.75, 3.05) is 13.7 Å². The Kier molecular flexibility index (Phi) is 10.2. The molecule has 3 heteroatoms. The fourth-order valence-electron chi connectivity index (χ4n) is 0.333. The number of ether oxygens (including phenoxy) is 1. The summed E-state index contributed by atoms with van der Waals surface area (Å²) in [5.41, 5.74) is 0. The van der Waals surface area contributed by atoms with E-state index in [0.29, 0.717) is 5.92 Å². The molecule has 0 aliphatic carbocycles. The molecule has 0 fully saturated rings. The van der Waals surface area contributed by atoms with E-state index < -0.39 is 5.97 Å². The van der Waals surface area contributed by atoms with Gasteiger partial charge < -0.3 is 9.84 Å². The van der Waals surface area contributed by atoms with Crippen molar-refractivity contribution in [2.45, 2.75) is 20.8 Å². The molecule has 0 aromatic carbocycles. The van der Waals surface area contributed by atoms with Crippen LogP contribution in [0.3, 0.4) is 0 Å². The van der Waals surface area contributed by atoms with Gasteiger partial charge in [-0.1, -0.05) is 13.8 Å². The van der Waals surface area contributed by atoms with E-state index in [9.17, 15) is 0 Å². The lowest BCUT2D eigenvalue weighted by molar-refractivity contribution is -0.134.